The lowest BCUT2D eigenvalue weighted by molar-refractivity contribution is 0.0934. The summed E-state index contributed by atoms with van der Waals surface area (Å²) in [4.78, 5) is 17.9. The molecule has 4 nitrogen and oxygen atoms in total. The van der Waals surface area contributed by atoms with E-state index in [1.807, 2.05) is 14.1 Å². The van der Waals surface area contributed by atoms with Crippen molar-refractivity contribution in [2.75, 3.05) is 20.6 Å². The molecule has 17 heavy (non-hydrogen) atoms. The minimum Gasteiger partial charge on any atom is -0.349 e. The van der Waals surface area contributed by atoms with E-state index in [1.165, 1.54) is 11.3 Å². The topological polar surface area (TPSA) is 45.2 Å². The lowest BCUT2D eigenvalue weighted by atomic mass is 10.0. The van der Waals surface area contributed by atoms with Crippen LogP contribution in [0.5, 0.6) is 0 Å². The Morgan fingerprint density at radius 3 is 2.71 bits per heavy atom. The Kier molecular flexibility index (Phi) is 5.58. The fraction of sp³-hybridized carbons (Fsp3) is 0.667. The first-order chi connectivity index (χ1) is 8.00. The summed E-state index contributed by atoms with van der Waals surface area (Å²) < 4.78 is 0. The molecule has 1 unspecified atom stereocenters. The average molecular weight is 255 g/mol. The molecular formula is C12H21N3OS. The second-order valence-electron chi connectivity index (χ2n) is 4.83. The number of nitrogens with one attached hydrogen (secondary N) is 1. The van der Waals surface area contributed by atoms with Gasteiger partial charge in [0, 0.05) is 18.0 Å². The molecule has 0 fully saturated rings. The molecule has 1 N–H and O–H groups in total. The Hall–Kier alpha value is -0.940. The van der Waals surface area contributed by atoms with E-state index in [0.29, 0.717) is 24.2 Å². The van der Waals surface area contributed by atoms with Crippen LogP contribution < -0.4 is 5.32 Å². The van der Waals surface area contributed by atoms with Gasteiger partial charge in [-0.05, 0) is 26.4 Å². The molecule has 0 aliphatic rings. The number of hydrogen-bond acceptors (Lipinski definition) is 4. The van der Waals surface area contributed by atoms with Crippen molar-refractivity contribution < 1.29 is 4.79 Å². The summed E-state index contributed by atoms with van der Waals surface area (Å²) in [6.45, 7) is 5.05. The highest BCUT2D eigenvalue weighted by molar-refractivity contribution is 7.07. The molecule has 1 amide bonds. The van der Waals surface area contributed by atoms with Crippen molar-refractivity contribution in [1.29, 1.82) is 0 Å². The summed E-state index contributed by atoms with van der Waals surface area (Å²) in [6.07, 6.45) is 1.07. The highest BCUT2D eigenvalue weighted by atomic mass is 32.1. The highest BCUT2D eigenvalue weighted by Gasteiger charge is 2.15. The molecule has 0 spiro atoms. The number of amides is 1. The third-order valence-corrected chi connectivity index (χ3v) is 3.22. The van der Waals surface area contributed by atoms with E-state index in [0.717, 1.165) is 6.42 Å². The third-order valence-electron chi connectivity index (χ3n) is 2.64. The van der Waals surface area contributed by atoms with Crippen LogP contribution in [0.2, 0.25) is 0 Å². The number of likely N-dealkylation sites (N-methyl/N-ethyl adjacent to an activating group) is 1. The van der Waals surface area contributed by atoms with Crippen molar-refractivity contribution in [2.45, 2.75) is 26.3 Å². The molecule has 0 aliphatic heterocycles. The van der Waals surface area contributed by atoms with Gasteiger partial charge in [0.1, 0.15) is 5.69 Å². The summed E-state index contributed by atoms with van der Waals surface area (Å²) in [5, 5.41) is 4.70. The Morgan fingerprint density at radius 2 is 2.24 bits per heavy atom. The van der Waals surface area contributed by atoms with Crippen LogP contribution in [0.15, 0.2) is 10.9 Å². The van der Waals surface area contributed by atoms with Crippen molar-refractivity contribution in [3.63, 3.8) is 0 Å². The monoisotopic (exact) mass is 255 g/mol. The largest absolute Gasteiger partial charge is 0.349 e. The van der Waals surface area contributed by atoms with Crippen LogP contribution in [0.25, 0.3) is 0 Å². The molecule has 1 rings (SSSR count). The SMILES string of the molecule is CC(C)CC(CNC(=O)c1cscn1)N(C)C. The van der Waals surface area contributed by atoms with Crippen LogP contribution in [-0.4, -0.2) is 42.5 Å². The molecule has 1 aromatic heterocycles. The van der Waals surface area contributed by atoms with Gasteiger partial charge < -0.3 is 10.2 Å². The third kappa shape index (κ3) is 4.83. The van der Waals surface area contributed by atoms with Gasteiger partial charge in [0.15, 0.2) is 0 Å². The van der Waals surface area contributed by atoms with E-state index in [1.54, 1.807) is 10.9 Å². The number of nitrogens with zero attached hydrogens (tertiary/aromatic N) is 2. The van der Waals surface area contributed by atoms with E-state index in [9.17, 15) is 4.79 Å². The van der Waals surface area contributed by atoms with Crippen molar-refractivity contribution in [3.8, 4) is 0 Å². The zero-order valence-corrected chi connectivity index (χ0v) is 11.8. The van der Waals surface area contributed by atoms with E-state index in [2.05, 4.69) is 29.0 Å². The maximum atomic E-state index is 11.7. The minimum atomic E-state index is -0.0816. The summed E-state index contributed by atoms with van der Waals surface area (Å²) in [6, 6.07) is 0.373. The quantitative estimate of drug-likeness (QED) is 0.844. The van der Waals surface area contributed by atoms with Crippen molar-refractivity contribution in [1.82, 2.24) is 15.2 Å². The second kappa shape index (κ2) is 6.71. The summed E-state index contributed by atoms with van der Waals surface area (Å²) in [5.41, 5.74) is 2.18. The first kappa shape index (κ1) is 14.1. The van der Waals surface area contributed by atoms with Crippen LogP contribution in [0.3, 0.4) is 0 Å². The van der Waals surface area contributed by atoms with Gasteiger partial charge in [0.05, 0.1) is 5.51 Å². The molecule has 96 valence electrons. The Labute approximate surface area is 107 Å². The van der Waals surface area contributed by atoms with Gasteiger partial charge in [-0.25, -0.2) is 4.98 Å². The van der Waals surface area contributed by atoms with Crippen molar-refractivity contribution in [3.05, 3.63) is 16.6 Å². The van der Waals surface area contributed by atoms with Gasteiger partial charge in [0.25, 0.3) is 5.91 Å². The second-order valence-corrected chi connectivity index (χ2v) is 5.55. The Bertz CT molecular complexity index is 336. The summed E-state index contributed by atoms with van der Waals surface area (Å²) in [7, 11) is 4.09. The number of carbonyl (C=O) groups excluding carboxylic acids is 1. The molecule has 0 saturated heterocycles. The van der Waals surface area contributed by atoms with E-state index in [-0.39, 0.29) is 5.91 Å². The fourth-order valence-electron chi connectivity index (χ4n) is 1.65. The standard InChI is InChI=1S/C12H21N3OS/c1-9(2)5-10(15(3)4)6-13-12(16)11-7-17-8-14-11/h7-10H,5-6H2,1-4H3,(H,13,16). The van der Waals surface area contributed by atoms with Gasteiger partial charge >= 0.3 is 0 Å². The number of thiazole rings is 1. The molecule has 0 bridgehead atoms. The molecule has 0 aliphatic carbocycles. The summed E-state index contributed by atoms with van der Waals surface area (Å²) in [5.74, 6) is 0.542. The van der Waals surface area contributed by atoms with Crippen molar-refractivity contribution in [2.24, 2.45) is 5.92 Å². The molecule has 0 saturated carbocycles. The van der Waals surface area contributed by atoms with Gasteiger partial charge in [-0.3, -0.25) is 4.79 Å². The molecule has 1 aromatic rings. The fourth-order valence-corrected chi connectivity index (χ4v) is 2.18. The molecule has 1 atom stereocenters. The lowest BCUT2D eigenvalue weighted by Gasteiger charge is -2.26. The molecular weight excluding hydrogens is 234 g/mol. The van der Waals surface area contributed by atoms with Gasteiger partial charge in [0.2, 0.25) is 0 Å². The van der Waals surface area contributed by atoms with Crippen LogP contribution in [0.4, 0.5) is 0 Å². The molecule has 1 heterocycles. The normalized spacial score (nSPS) is 13.1. The maximum absolute atomic E-state index is 11.7. The van der Waals surface area contributed by atoms with Crippen LogP contribution in [0, 0.1) is 5.92 Å². The summed E-state index contributed by atoms with van der Waals surface area (Å²) >= 11 is 1.44. The van der Waals surface area contributed by atoms with Gasteiger partial charge in [-0.2, -0.15) is 0 Å². The molecule has 0 aromatic carbocycles. The minimum absolute atomic E-state index is 0.0816. The number of carbonyl (C=O) groups is 1. The zero-order valence-electron chi connectivity index (χ0n) is 10.9. The predicted octanol–water partition coefficient (Wildman–Crippen LogP) is 1.85. The number of hydrogen-bond donors (Lipinski definition) is 1. The van der Waals surface area contributed by atoms with Crippen molar-refractivity contribution >= 4 is 17.2 Å². The lowest BCUT2D eigenvalue weighted by Crippen LogP contribution is -2.41. The first-order valence-corrected chi connectivity index (χ1v) is 6.77. The molecule has 0 radical (unpaired) electrons. The molecule has 5 heteroatoms. The predicted molar refractivity (Wildman–Crippen MR) is 71.4 cm³/mol. The smallest absolute Gasteiger partial charge is 0.270 e. The maximum Gasteiger partial charge on any atom is 0.270 e. The number of rotatable bonds is 6. The van der Waals surface area contributed by atoms with Crippen LogP contribution in [0.1, 0.15) is 30.8 Å². The van der Waals surface area contributed by atoms with Crippen LogP contribution in [-0.2, 0) is 0 Å². The average Bonchev–Trinajstić information content (AvgIpc) is 2.76. The first-order valence-electron chi connectivity index (χ1n) is 5.83. The van der Waals surface area contributed by atoms with Gasteiger partial charge in [-0.1, -0.05) is 13.8 Å². The Balaban J connectivity index is 2.44. The van der Waals surface area contributed by atoms with Crippen LogP contribution >= 0.6 is 11.3 Å². The zero-order chi connectivity index (χ0) is 12.8. The number of aromatic nitrogens is 1. The van der Waals surface area contributed by atoms with Gasteiger partial charge in [-0.15, -0.1) is 11.3 Å². The highest BCUT2D eigenvalue weighted by Crippen LogP contribution is 2.08. The van der Waals surface area contributed by atoms with E-state index >= 15 is 0 Å². The van der Waals surface area contributed by atoms with E-state index < -0.39 is 0 Å². The van der Waals surface area contributed by atoms with E-state index in [4.69, 9.17) is 0 Å². The Morgan fingerprint density at radius 1 is 1.53 bits per heavy atom.